The fraction of sp³-hybridized carbons (Fsp3) is 0.360. The molecule has 2 aromatic rings. The fourth-order valence-corrected chi connectivity index (χ4v) is 4.89. The summed E-state index contributed by atoms with van der Waals surface area (Å²) in [6, 6.07) is 7.07. The maximum absolute atomic E-state index is 12.6. The molecule has 10 heteroatoms. The number of nitrogens with two attached hydrogens (primary N) is 1. The zero-order chi connectivity index (χ0) is 25.4. The molecule has 0 radical (unpaired) electrons. The van der Waals surface area contributed by atoms with Crippen molar-refractivity contribution in [2.75, 3.05) is 19.0 Å². The van der Waals surface area contributed by atoms with E-state index in [1.165, 1.54) is 37.5 Å². The largest absolute Gasteiger partial charge is 0.493 e. The number of fused-ring (bicyclic) bond motifs is 1. The van der Waals surface area contributed by atoms with E-state index in [1.54, 1.807) is 18.2 Å². The third-order valence-electron chi connectivity index (χ3n) is 5.40. The topological polar surface area (TPSA) is 141 Å². The lowest BCUT2D eigenvalue weighted by Gasteiger charge is -2.12. The van der Waals surface area contributed by atoms with Crippen molar-refractivity contribution in [1.82, 2.24) is 0 Å². The summed E-state index contributed by atoms with van der Waals surface area (Å²) in [5, 5.41) is 12.9. The molecule has 0 fully saturated rings. The number of nitrogens with zero attached hydrogens (tertiary/aromatic N) is 1. The molecular formula is C25H27N3O6S. The molecule has 35 heavy (non-hydrogen) atoms. The van der Waals surface area contributed by atoms with Gasteiger partial charge in [0.05, 0.1) is 12.7 Å². The van der Waals surface area contributed by atoms with Crippen LogP contribution in [0, 0.1) is 11.3 Å². The van der Waals surface area contributed by atoms with Crippen molar-refractivity contribution in [2.45, 2.75) is 45.1 Å². The minimum absolute atomic E-state index is 0.290. The molecule has 1 unspecified atom stereocenters. The van der Waals surface area contributed by atoms with E-state index in [0.29, 0.717) is 27.6 Å². The number of primary amides is 1. The molecule has 0 spiro atoms. The number of rotatable bonds is 9. The van der Waals surface area contributed by atoms with Crippen molar-refractivity contribution >= 4 is 40.2 Å². The van der Waals surface area contributed by atoms with Gasteiger partial charge in [-0.3, -0.25) is 9.59 Å². The van der Waals surface area contributed by atoms with Crippen LogP contribution in [0.3, 0.4) is 0 Å². The SMILES string of the molecule is COc1cc(/C=C/C(=O)OC(C)C(=O)Nc2sc3c(c2C#N)CCCCC3)ccc1OCC(N)=O. The van der Waals surface area contributed by atoms with Crippen LogP contribution in [0.1, 0.15) is 47.8 Å². The zero-order valence-electron chi connectivity index (χ0n) is 19.6. The third-order valence-corrected chi connectivity index (χ3v) is 6.61. The van der Waals surface area contributed by atoms with Gasteiger partial charge in [0, 0.05) is 11.0 Å². The van der Waals surface area contributed by atoms with Crippen LogP contribution >= 0.6 is 11.3 Å². The van der Waals surface area contributed by atoms with Crippen molar-refractivity contribution in [3.63, 3.8) is 0 Å². The summed E-state index contributed by atoms with van der Waals surface area (Å²) in [5.74, 6) is -1.13. The van der Waals surface area contributed by atoms with Gasteiger partial charge in [0.1, 0.15) is 11.1 Å². The highest BCUT2D eigenvalue weighted by molar-refractivity contribution is 7.16. The molecular weight excluding hydrogens is 470 g/mol. The van der Waals surface area contributed by atoms with Crippen LogP contribution in [0.5, 0.6) is 11.5 Å². The maximum atomic E-state index is 12.6. The summed E-state index contributed by atoms with van der Waals surface area (Å²) in [5.41, 5.74) is 7.23. The number of anilines is 1. The average molecular weight is 498 g/mol. The van der Waals surface area contributed by atoms with Crippen LogP contribution in [0.4, 0.5) is 5.00 Å². The molecule has 3 rings (SSSR count). The number of hydrogen-bond donors (Lipinski definition) is 2. The Morgan fingerprint density at radius 3 is 2.71 bits per heavy atom. The lowest BCUT2D eigenvalue weighted by atomic mass is 10.1. The van der Waals surface area contributed by atoms with E-state index in [0.717, 1.165) is 42.5 Å². The van der Waals surface area contributed by atoms with Gasteiger partial charge in [-0.25, -0.2) is 4.79 Å². The van der Waals surface area contributed by atoms with E-state index < -0.39 is 23.9 Å². The Morgan fingerprint density at radius 2 is 2.00 bits per heavy atom. The molecule has 1 aromatic heterocycles. The quantitative estimate of drug-likeness (QED) is 0.307. The van der Waals surface area contributed by atoms with Gasteiger partial charge in [-0.2, -0.15) is 5.26 Å². The Bertz CT molecular complexity index is 1180. The maximum Gasteiger partial charge on any atom is 0.331 e. The number of carbonyl (C=O) groups is 3. The molecule has 1 atom stereocenters. The van der Waals surface area contributed by atoms with Crippen molar-refractivity contribution < 1.29 is 28.6 Å². The van der Waals surface area contributed by atoms with Crippen LogP contribution in [0.25, 0.3) is 6.08 Å². The van der Waals surface area contributed by atoms with Crippen molar-refractivity contribution in [1.29, 1.82) is 5.26 Å². The summed E-state index contributed by atoms with van der Waals surface area (Å²) >= 11 is 1.42. The number of carbonyl (C=O) groups excluding carboxylic acids is 3. The number of ether oxygens (including phenoxy) is 3. The summed E-state index contributed by atoms with van der Waals surface area (Å²) in [7, 11) is 1.44. The standard InChI is InChI=1S/C25H27N3O6S/c1-15(24(31)28-25-18(13-26)17-6-4-3-5-7-21(17)35-25)34-23(30)11-9-16-8-10-19(20(12-16)32-2)33-14-22(27)29/h8-12,15H,3-7,14H2,1-2H3,(H2,27,29)(H,28,31)/b11-9+. The first-order valence-electron chi connectivity index (χ1n) is 11.2. The summed E-state index contributed by atoms with van der Waals surface area (Å²) < 4.78 is 15.7. The van der Waals surface area contributed by atoms with Gasteiger partial charge >= 0.3 is 5.97 Å². The summed E-state index contributed by atoms with van der Waals surface area (Å²) in [6.45, 7) is 1.18. The van der Waals surface area contributed by atoms with Crippen LogP contribution in [0.2, 0.25) is 0 Å². The monoisotopic (exact) mass is 497 g/mol. The number of thiophene rings is 1. The predicted octanol–water partition coefficient (Wildman–Crippen LogP) is 3.34. The van der Waals surface area contributed by atoms with Gasteiger partial charge in [0.25, 0.3) is 11.8 Å². The average Bonchev–Trinajstić information content (AvgIpc) is 2.99. The Morgan fingerprint density at radius 1 is 1.23 bits per heavy atom. The van der Waals surface area contributed by atoms with Crippen molar-refractivity contribution in [3.8, 4) is 17.6 Å². The molecule has 0 aliphatic heterocycles. The van der Waals surface area contributed by atoms with Crippen LogP contribution in [0.15, 0.2) is 24.3 Å². The number of nitrogens with one attached hydrogen (secondary N) is 1. The van der Waals surface area contributed by atoms with E-state index in [4.69, 9.17) is 19.9 Å². The first-order chi connectivity index (χ1) is 16.8. The van der Waals surface area contributed by atoms with Crippen LogP contribution < -0.4 is 20.5 Å². The molecule has 1 aliphatic carbocycles. The molecule has 1 aliphatic rings. The normalized spacial score (nSPS) is 13.7. The van der Waals surface area contributed by atoms with Crippen molar-refractivity contribution in [3.05, 3.63) is 45.8 Å². The second-order valence-corrected chi connectivity index (χ2v) is 9.05. The molecule has 9 nitrogen and oxygen atoms in total. The van der Waals surface area contributed by atoms with Gasteiger partial charge < -0.3 is 25.3 Å². The fourth-order valence-electron chi connectivity index (χ4n) is 3.65. The Balaban J connectivity index is 1.60. The molecule has 2 amide bonds. The van der Waals surface area contributed by atoms with E-state index in [9.17, 15) is 19.6 Å². The lowest BCUT2D eigenvalue weighted by Crippen LogP contribution is -2.29. The van der Waals surface area contributed by atoms with E-state index in [1.807, 2.05) is 0 Å². The van der Waals surface area contributed by atoms with E-state index >= 15 is 0 Å². The number of benzene rings is 1. The molecule has 3 N–H and O–H groups in total. The smallest absolute Gasteiger partial charge is 0.331 e. The van der Waals surface area contributed by atoms with Gasteiger partial charge in [-0.05, 0) is 61.9 Å². The number of methoxy groups -OCH3 is 1. The highest BCUT2D eigenvalue weighted by Crippen LogP contribution is 2.37. The first kappa shape index (κ1) is 25.8. The second-order valence-electron chi connectivity index (χ2n) is 7.95. The Hall–Kier alpha value is -3.84. The highest BCUT2D eigenvalue weighted by Gasteiger charge is 2.23. The van der Waals surface area contributed by atoms with E-state index in [2.05, 4.69) is 11.4 Å². The number of nitriles is 1. The number of esters is 1. The Labute approximate surface area is 207 Å². The van der Waals surface area contributed by atoms with Crippen LogP contribution in [-0.4, -0.2) is 37.6 Å². The predicted molar refractivity (Wildman–Crippen MR) is 131 cm³/mol. The molecule has 0 saturated carbocycles. The van der Waals surface area contributed by atoms with Gasteiger partial charge in [0.2, 0.25) is 0 Å². The molecule has 0 saturated heterocycles. The van der Waals surface area contributed by atoms with Crippen LogP contribution in [-0.2, 0) is 32.0 Å². The van der Waals surface area contributed by atoms with Gasteiger partial charge in [-0.15, -0.1) is 11.3 Å². The second kappa shape index (κ2) is 12.0. The highest BCUT2D eigenvalue weighted by atomic mass is 32.1. The van der Waals surface area contributed by atoms with Gasteiger partial charge in [0.15, 0.2) is 24.2 Å². The number of hydrogen-bond acceptors (Lipinski definition) is 8. The number of aryl methyl sites for hydroxylation is 1. The lowest BCUT2D eigenvalue weighted by molar-refractivity contribution is -0.148. The number of amides is 2. The molecule has 1 aromatic carbocycles. The molecule has 1 heterocycles. The summed E-state index contributed by atoms with van der Waals surface area (Å²) in [6.07, 6.45) is 6.61. The molecule has 184 valence electrons. The van der Waals surface area contributed by atoms with Gasteiger partial charge in [-0.1, -0.05) is 12.5 Å². The minimum atomic E-state index is -1.06. The van der Waals surface area contributed by atoms with Crippen molar-refractivity contribution in [2.24, 2.45) is 5.73 Å². The zero-order valence-corrected chi connectivity index (χ0v) is 20.4. The minimum Gasteiger partial charge on any atom is -0.493 e. The molecule has 0 bridgehead atoms. The van der Waals surface area contributed by atoms with E-state index in [-0.39, 0.29) is 6.61 Å². The Kier molecular flexibility index (Phi) is 8.86. The summed E-state index contributed by atoms with van der Waals surface area (Å²) in [4.78, 5) is 36.9. The third kappa shape index (κ3) is 6.83. The first-order valence-corrected chi connectivity index (χ1v) is 12.0.